The monoisotopic (exact) mass is 95.0 g/mol. The van der Waals surface area contributed by atoms with Gasteiger partial charge in [0.1, 0.15) is 0 Å². The zero-order chi connectivity index (χ0) is 5.58. The fraction of sp³-hybridized carbons (Fsp3) is 0. The second-order valence-corrected chi connectivity index (χ2v) is 0.346. The predicted octanol–water partition coefficient (Wildman–Crippen LogP) is -4.95. The van der Waals surface area contributed by atoms with E-state index in [0.717, 1.165) is 0 Å². The molecular weight excluding hydrogens is 91.8 g/mol. The molecule has 0 aromatic heterocycles. The molecule has 6 heteroatoms. The van der Waals surface area contributed by atoms with Crippen LogP contribution >= 0.6 is 0 Å². The Morgan fingerprint density at radius 3 is 1.14 bits per heavy atom. The Balaban J connectivity index is -0.0000000480. The zero-order valence-electron chi connectivity index (χ0n) is 3.87. The van der Waals surface area contributed by atoms with Crippen molar-refractivity contribution >= 4 is 7.32 Å². The van der Waals surface area contributed by atoms with Gasteiger partial charge in [-0.3, -0.25) is 0 Å². The van der Waals surface area contributed by atoms with Gasteiger partial charge in [0.25, 0.3) is 0 Å². The third-order valence-corrected chi connectivity index (χ3v) is 0. The molecule has 4 nitrogen and oxygen atoms in total. The maximum Gasteiger partial charge on any atom is 1.00 e. The summed E-state index contributed by atoms with van der Waals surface area (Å²) in [6.07, 6.45) is 0. The molecule has 0 bridgehead atoms. The molecule has 0 rings (SSSR count). The van der Waals surface area contributed by atoms with Gasteiger partial charge in [0.15, 0.2) is 0 Å². The SMILES string of the molecule is OB(O)O.[C-]#N.[Li+]. The molecule has 0 atom stereocenters. The van der Waals surface area contributed by atoms with Gasteiger partial charge in [-0.05, 0) is 0 Å². The van der Waals surface area contributed by atoms with Crippen LogP contribution in [0.15, 0.2) is 0 Å². The number of nitrogens with zero attached hydrogens (tertiary/aromatic N) is 1. The molecule has 0 unspecified atom stereocenters. The smallest absolute Gasteiger partial charge is 0.512 e. The molecule has 0 heterocycles. The second kappa shape index (κ2) is 16.6. The quantitative estimate of drug-likeness (QED) is 0.208. The van der Waals surface area contributed by atoms with Crippen LogP contribution in [0.1, 0.15) is 0 Å². The minimum atomic E-state index is -2.17. The van der Waals surface area contributed by atoms with Gasteiger partial charge in [-0.1, -0.05) is 0 Å². The summed E-state index contributed by atoms with van der Waals surface area (Å²) in [5.74, 6) is 0. The van der Waals surface area contributed by atoms with E-state index in [4.69, 9.17) is 26.9 Å². The van der Waals surface area contributed by atoms with Crippen LogP contribution in [0.2, 0.25) is 0 Å². The summed E-state index contributed by atoms with van der Waals surface area (Å²) in [4.78, 5) is 0. The van der Waals surface area contributed by atoms with Gasteiger partial charge in [0, 0.05) is 0 Å². The number of rotatable bonds is 0. The molecule has 0 aliphatic heterocycles. The standard InChI is InChI=1S/CN.BH3O3.Li/c1-2;2-1(3)4;/h;2-4H;/q-1;;+1. The normalized spacial score (nSPS) is 4.14. The van der Waals surface area contributed by atoms with Crippen molar-refractivity contribution in [1.82, 2.24) is 0 Å². The van der Waals surface area contributed by atoms with Gasteiger partial charge in [0.2, 0.25) is 0 Å². The average molecular weight is 94.8 g/mol. The molecule has 0 aromatic rings. The Bertz CT molecular complexity index is 36.4. The van der Waals surface area contributed by atoms with Crippen molar-refractivity contribution in [2.75, 3.05) is 0 Å². The Morgan fingerprint density at radius 1 is 1.14 bits per heavy atom. The predicted molar refractivity (Wildman–Crippen MR) is 17.4 cm³/mol. The first-order valence-corrected chi connectivity index (χ1v) is 0.998. The molecule has 0 aliphatic rings. The fourth-order valence-corrected chi connectivity index (χ4v) is 0. The van der Waals surface area contributed by atoms with E-state index >= 15 is 0 Å². The molecule has 7 heavy (non-hydrogen) atoms. The molecule has 34 valence electrons. The maximum atomic E-state index is 7.17. The van der Waals surface area contributed by atoms with Crippen molar-refractivity contribution in [1.29, 1.82) is 5.26 Å². The van der Waals surface area contributed by atoms with Gasteiger partial charge in [-0.2, -0.15) is 0 Å². The minimum absolute atomic E-state index is 0. The topological polar surface area (TPSA) is 84.5 Å². The maximum absolute atomic E-state index is 7.17. The molecule has 0 aliphatic carbocycles. The van der Waals surface area contributed by atoms with Gasteiger partial charge in [-0.15, -0.1) is 0 Å². The summed E-state index contributed by atoms with van der Waals surface area (Å²) >= 11 is 0. The van der Waals surface area contributed by atoms with Crippen LogP contribution in [0.4, 0.5) is 0 Å². The van der Waals surface area contributed by atoms with Crippen LogP contribution in [0, 0.1) is 11.8 Å². The summed E-state index contributed by atoms with van der Waals surface area (Å²) in [5.41, 5.74) is 0. The third-order valence-electron chi connectivity index (χ3n) is 0. The van der Waals surface area contributed by atoms with Crippen molar-refractivity contribution in [2.24, 2.45) is 0 Å². The first-order chi connectivity index (χ1) is 2.73. The van der Waals surface area contributed by atoms with Crippen molar-refractivity contribution in [3.8, 4) is 0 Å². The fourth-order valence-electron chi connectivity index (χ4n) is 0. The molecular formula is CH3BLiNO3. The Hall–Kier alpha value is 0.0323. The molecule has 0 radical (unpaired) electrons. The average Bonchev–Trinajstić information content (AvgIpc) is 1.41. The van der Waals surface area contributed by atoms with E-state index in [1.54, 1.807) is 0 Å². The minimum Gasteiger partial charge on any atom is -0.512 e. The van der Waals surface area contributed by atoms with Crippen molar-refractivity contribution in [3.05, 3.63) is 6.57 Å². The van der Waals surface area contributed by atoms with Gasteiger partial charge >= 0.3 is 26.2 Å². The van der Waals surface area contributed by atoms with Gasteiger partial charge < -0.3 is 26.9 Å². The third kappa shape index (κ3) is 93800. The summed E-state index contributed by atoms with van der Waals surface area (Å²) in [6, 6.07) is 0. The number of hydrogen-bond donors (Lipinski definition) is 3. The van der Waals surface area contributed by atoms with E-state index in [-0.39, 0.29) is 18.9 Å². The Kier molecular flexibility index (Phi) is 37.4. The summed E-state index contributed by atoms with van der Waals surface area (Å²) < 4.78 is 0. The summed E-state index contributed by atoms with van der Waals surface area (Å²) in [6.45, 7) is 4.75. The van der Waals surface area contributed by atoms with E-state index in [1.807, 2.05) is 0 Å². The van der Waals surface area contributed by atoms with E-state index in [0.29, 0.717) is 0 Å². The van der Waals surface area contributed by atoms with Crippen molar-refractivity contribution in [3.63, 3.8) is 0 Å². The molecule has 0 saturated carbocycles. The van der Waals surface area contributed by atoms with Gasteiger partial charge in [-0.25, -0.2) is 0 Å². The second-order valence-electron chi connectivity index (χ2n) is 0.346. The van der Waals surface area contributed by atoms with Crippen LogP contribution in [0.3, 0.4) is 0 Å². The first-order valence-electron chi connectivity index (χ1n) is 0.998. The van der Waals surface area contributed by atoms with Crippen LogP contribution in [0.25, 0.3) is 0 Å². The van der Waals surface area contributed by atoms with Crippen LogP contribution in [-0.4, -0.2) is 22.4 Å². The van der Waals surface area contributed by atoms with Gasteiger partial charge in [0.05, 0.1) is 0 Å². The molecule has 0 aromatic carbocycles. The first kappa shape index (κ1) is 15.7. The van der Waals surface area contributed by atoms with Crippen LogP contribution in [-0.2, 0) is 0 Å². The van der Waals surface area contributed by atoms with Crippen LogP contribution < -0.4 is 18.9 Å². The van der Waals surface area contributed by atoms with Crippen LogP contribution in [0.5, 0.6) is 0 Å². The Morgan fingerprint density at radius 2 is 1.14 bits per heavy atom. The molecule has 0 amide bonds. The van der Waals surface area contributed by atoms with E-state index in [1.165, 1.54) is 0 Å². The summed E-state index contributed by atoms with van der Waals surface area (Å²) in [7, 11) is -2.17. The molecule has 0 saturated heterocycles. The Labute approximate surface area is 53.7 Å². The summed E-state index contributed by atoms with van der Waals surface area (Å²) in [5, 5.41) is 27.8. The molecule has 3 N–H and O–H groups in total. The van der Waals surface area contributed by atoms with E-state index in [9.17, 15) is 0 Å². The molecule has 0 fully saturated rings. The van der Waals surface area contributed by atoms with Crippen molar-refractivity contribution in [2.45, 2.75) is 0 Å². The zero-order valence-corrected chi connectivity index (χ0v) is 3.87. The number of hydrogen-bond acceptors (Lipinski definition) is 4. The molecule has 0 spiro atoms. The van der Waals surface area contributed by atoms with E-state index < -0.39 is 7.32 Å². The van der Waals surface area contributed by atoms with E-state index in [2.05, 4.69) is 0 Å². The largest absolute Gasteiger partial charge is 1.00 e. The van der Waals surface area contributed by atoms with Crippen molar-refractivity contribution < 1.29 is 33.9 Å².